The highest BCUT2D eigenvalue weighted by atomic mass is 35.5. The Balaban J connectivity index is 3.26. The lowest BCUT2D eigenvalue weighted by Gasteiger charge is -2.06. The molecule has 1 aromatic carbocycles. The van der Waals surface area contributed by atoms with Gasteiger partial charge in [0.05, 0.1) is 23.4 Å². The number of methoxy groups -OCH3 is 1. The second-order valence-electron chi connectivity index (χ2n) is 2.35. The molecule has 4 nitrogen and oxygen atoms in total. The number of hydrogen-bond acceptors (Lipinski definition) is 4. The first kappa shape index (κ1) is 9.67. The number of phenolic OH excluding ortho intramolecular Hbond substituents is 1. The summed E-state index contributed by atoms with van der Waals surface area (Å²) in [7, 11) is 1.23. The molecule has 0 heterocycles. The Kier molecular flexibility index (Phi) is 2.63. The first-order valence-electron chi connectivity index (χ1n) is 3.43. The molecule has 0 fully saturated rings. The Hall–Kier alpha value is -1.42. The van der Waals surface area contributed by atoms with Crippen LogP contribution in [0.2, 0.25) is 5.02 Å². The van der Waals surface area contributed by atoms with Crippen LogP contribution < -0.4 is 5.73 Å². The van der Waals surface area contributed by atoms with Crippen molar-refractivity contribution >= 4 is 23.3 Å². The number of halogens is 1. The minimum absolute atomic E-state index is 0.0700. The van der Waals surface area contributed by atoms with Gasteiger partial charge in [0.15, 0.2) is 5.75 Å². The van der Waals surface area contributed by atoms with Gasteiger partial charge in [0.25, 0.3) is 0 Å². The van der Waals surface area contributed by atoms with Crippen LogP contribution in [0, 0.1) is 0 Å². The molecule has 0 atom stereocenters. The molecule has 5 heteroatoms. The molecule has 0 bridgehead atoms. The standard InChI is InChI=1S/C8H8ClNO3/c1-13-8(12)4-2-3-5(9)7(11)6(4)10/h2-3,11H,10H2,1H3. The first-order chi connectivity index (χ1) is 6.07. The lowest BCUT2D eigenvalue weighted by Crippen LogP contribution is -2.05. The van der Waals surface area contributed by atoms with E-state index in [1.54, 1.807) is 0 Å². The van der Waals surface area contributed by atoms with Crippen molar-refractivity contribution in [1.82, 2.24) is 0 Å². The van der Waals surface area contributed by atoms with Crippen LogP contribution in [0.5, 0.6) is 5.75 Å². The molecule has 0 saturated carbocycles. The highest BCUT2D eigenvalue weighted by molar-refractivity contribution is 6.32. The Bertz CT molecular complexity index is 351. The van der Waals surface area contributed by atoms with Crippen molar-refractivity contribution < 1.29 is 14.6 Å². The minimum Gasteiger partial charge on any atom is -0.504 e. The van der Waals surface area contributed by atoms with Crippen LogP contribution in [-0.2, 0) is 4.74 Å². The van der Waals surface area contributed by atoms with Gasteiger partial charge in [0.1, 0.15) is 0 Å². The predicted molar refractivity (Wildman–Crippen MR) is 48.9 cm³/mol. The summed E-state index contributed by atoms with van der Waals surface area (Å²) in [6.07, 6.45) is 0. The fourth-order valence-electron chi connectivity index (χ4n) is 0.869. The molecule has 0 aliphatic carbocycles. The molecule has 0 aliphatic heterocycles. The first-order valence-corrected chi connectivity index (χ1v) is 3.81. The van der Waals surface area contributed by atoms with Gasteiger partial charge in [0.2, 0.25) is 0 Å². The summed E-state index contributed by atoms with van der Waals surface area (Å²) in [5.74, 6) is -0.908. The van der Waals surface area contributed by atoms with Gasteiger partial charge in [-0.05, 0) is 12.1 Å². The number of aromatic hydroxyl groups is 1. The van der Waals surface area contributed by atoms with Crippen LogP contribution in [0.1, 0.15) is 10.4 Å². The smallest absolute Gasteiger partial charge is 0.340 e. The van der Waals surface area contributed by atoms with E-state index in [2.05, 4.69) is 4.74 Å². The molecular weight excluding hydrogens is 194 g/mol. The van der Waals surface area contributed by atoms with Gasteiger partial charge in [-0.15, -0.1) is 0 Å². The highest BCUT2D eigenvalue weighted by Gasteiger charge is 2.14. The number of carbonyl (C=O) groups excluding carboxylic acids is 1. The van der Waals surface area contributed by atoms with E-state index >= 15 is 0 Å². The number of benzene rings is 1. The maximum atomic E-state index is 11.0. The summed E-state index contributed by atoms with van der Waals surface area (Å²) in [4.78, 5) is 11.0. The summed E-state index contributed by atoms with van der Waals surface area (Å²) < 4.78 is 4.44. The number of rotatable bonds is 1. The number of nitrogen functional groups attached to an aromatic ring is 1. The summed E-state index contributed by atoms with van der Waals surface area (Å²) >= 11 is 5.55. The van der Waals surface area contributed by atoms with E-state index < -0.39 is 5.97 Å². The van der Waals surface area contributed by atoms with Gasteiger partial charge in [-0.1, -0.05) is 11.6 Å². The molecule has 1 aromatic rings. The molecule has 0 saturated heterocycles. The molecule has 3 N–H and O–H groups in total. The molecule has 0 aromatic heterocycles. The van der Waals surface area contributed by atoms with Crippen molar-refractivity contribution in [3.63, 3.8) is 0 Å². The number of nitrogens with two attached hydrogens (primary N) is 1. The third-order valence-electron chi connectivity index (χ3n) is 1.57. The number of phenols is 1. The van der Waals surface area contributed by atoms with Gasteiger partial charge in [-0.25, -0.2) is 4.79 Å². The third-order valence-corrected chi connectivity index (χ3v) is 1.88. The zero-order valence-corrected chi connectivity index (χ0v) is 7.63. The molecule has 0 amide bonds. The predicted octanol–water partition coefficient (Wildman–Crippen LogP) is 1.41. The van der Waals surface area contributed by atoms with Crippen LogP contribution in [0.25, 0.3) is 0 Å². The van der Waals surface area contributed by atoms with Crippen molar-refractivity contribution in [2.24, 2.45) is 0 Å². The zero-order valence-electron chi connectivity index (χ0n) is 6.87. The Labute approximate surface area is 79.9 Å². The molecule has 13 heavy (non-hydrogen) atoms. The van der Waals surface area contributed by atoms with Crippen LogP contribution in [0.15, 0.2) is 12.1 Å². The minimum atomic E-state index is -0.607. The van der Waals surface area contributed by atoms with Crippen molar-refractivity contribution in [3.8, 4) is 5.75 Å². The third kappa shape index (κ3) is 1.67. The number of ether oxygens (including phenoxy) is 1. The number of anilines is 1. The maximum absolute atomic E-state index is 11.0. The SMILES string of the molecule is COC(=O)c1ccc(Cl)c(O)c1N. The summed E-state index contributed by atoms with van der Waals surface area (Å²) in [5, 5.41) is 9.37. The van der Waals surface area contributed by atoms with Crippen LogP contribution in [0.4, 0.5) is 5.69 Å². The topological polar surface area (TPSA) is 72.5 Å². The second kappa shape index (κ2) is 3.53. The van der Waals surface area contributed by atoms with Gasteiger partial charge in [0, 0.05) is 0 Å². The summed E-state index contributed by atoms with van der Waals surface area (Å²) in [5.41, 5.74) is 5.46. The fourth-order valence-corrected chi connectivity index (χ4v) is 1.03. The van der Waals surface area contributed by atoms with Crippen LogP contribution in [-0.4, -0.2) is 18.2 Å². The van der Waals surface area contributed by atoms with Gasteiger partial charge >= 0.3 is 5.97 Å². The molecule has 0 spiro atoms. The van der Waals surface area contributed by atoms with Crippen LogP contribution in [0.3, 0.4) is 0 Å². The van der Waals surface area contributed by atoms with E-state index in [0.29, 0.717) is 0 Å². The zero-order chi connectivity index (χ0) is 10.0. The molecule has 0 unspecified atom stereocenters. The Morgan fingerprint density at radius 2 is 2.23 bits per heavy atom. The second-order valence-corrected chi connectivity index (χ2v) is 2.76. The quantitative estimate of drug-likeness (QED) is 0.409. The fraction of sp³-hybridized carbons (Fsp3) is 0.125. The molecular formula is C8H8ClNO3. The normalized spacial score (nSPS) is 9.69. The molecule has 0 radical (unpaired) electrons. The average Bonchev–Trinajstić information content (AvgIpc) is 2.13. The summed E-state index contributed by atoms with van der Waals surface area (Å²) in [6, 6.07) is 2.77. The van der Waals surface area contributed by atoms with Crippen molar-refractivity contribution in [2.45, 2.75) is 0 Å². The average molecular weight is 202 g/mol. The highest BCUT2D eigenvalue weighted by Crippen LogP contribution is 2.32. The lowest BCUT2D eigenvalue weighted by atomic mass is 10.1. The largest absolute Gasteiger partial charge is 0.504 e. The lowest BCUT2D eigenvalue weighted by molar-refractivity contribution is 0.0601. The maximum Gasteiger partial charge on any atom is 0.340 e. The summed E-state index contributed by atoms with van der Waals surface area (Å²) in [6.45, 7) is 0. The van der Waals surface area contributed by atoms with E-state index in [-0.39, 0.29) is 22.0 Å². The Morgan fingerprint density at radius 3 is 2.77 bits per heavy atom. The Morgan fingerprint density at radius 1 is 1.62 bits per heavy atom. The van der Waals surface area contributed by atoms with E-state index in [1.165, 1.54) is 19.2 Å². The molecule has 0 aliphatic rings. The van der Waals surface area contributed by atoms with E-state index in [0.717, 1.165) is 0 Å². The van der Waals surface area contributed by atoms with Gasteiger partial charge in [-0.3, -0.25) is 0 Å². The van der Waals surface area contributed by atoms with Gasteiger partial charge < -0.3 is 15.6 Å². The van der Waals surface area contributed by atoms with Crippen molar-refractivity contribution in [2.75, 3.05) is 12.8 Å². The van der Waals surface area contributed by atoms with Crippen molar-refractivity contribution in [3.05, 3.63) is 22.7 Å². The van der Waals surface area contributed by atoms with Crippen molar-refractivity contribution in [1.29, 1.82) is 0 Å². The number of carbonyl (C=O) groups is 1. The van der Waals surface area contributed by atoms with Crippen LogP contribution >= 0.6 is 11.6 Å². The molecule has 70 valence electrons. The van der Waals surface area contributed by atoms with E-state index in [4.69, 9.17) is 17.3 Å². The van der Waals surface area contributed by atoms with Gasteiger partial charge in [-0.2, -0.15) is 0 Å². The number of esters is 1. The molecule has 1 rings (SSSR count). The number of hydrogen-bond donors (Lipinski definition) is 2. The van der Waals surface area contributed by atoms with E-state index in [9.17, 15) is 9.90 Å². The van der Waals surface area contributed by atoms with E-state index in [1.807, 2.05) is 0 Å². The monoisotopic (exact) mass is 201 g/mol.